The molecule has 0 aromatic heterocycles. The van der Waals surface area contributed by atoms with E-state index >= 15 is 0 Å². The summed E-state index contributed by atoms with van der Waals surface area (Å²) in [7, 11) is 0. The summed E-state index contributed by atoms with van der Waals surface area (Å²) in [5.74, 6) is 0.335. The van der Waals surface area contributed by atoms with Crippen molar-refractivity contribution >= 4 is 29.0 Å². The Kier molecular flexibility index (Phi) is 6.90. The topological polar surface area (TPSA) is 17.1 Å². The maximum atomic E-state index is 14.7. The van der Waals surface area contributed by atoms with E-state index in [0.717, 1.165) is 64.2 Å². The van der Waals surface area contributed by atoms with Crippen LogP contribution in [0.3, 0.4) is 0 Å². The maximum absolute atomic E-state index is 14.7. The summed E-state index contributed by atoms with van der Waals surface area (Å²) in [5, 5.41) is -0.255. The van der Waals surface area contributed by atoms with Gasteiger partial charge in [-0.25, -0.2) is 0 Å². The van der Waals surface area contributed by atoms with Gasteiger partial charge in [-0.05, 0) is 49.7 Å². The van der Waals surface area contributed by atoms with Gasteiger partial charge in [-0.1, -0.05) is 86.3 Å². The molecule has 0 radical (unpaired) electrons. The lowest BCUT2D eigenvalue weighted by molar-refractivity contribution is -0.143. The molecular weight excluding hydrogens is 411 g/mol. The van der Waals surface area contributed by atoms with E-state index in [1.807, 2.05) is 12.1 Å². The third-order valence-corrected chi connectivity index (χ3v) is 8.76. The van der Waals surface area contributed by atoms with Crippen molar-refractivity contribution in [1.82, 2.24) is 0 Å². The Balaban J connectivity index is 1.76. The van der Waals surface area contributed by atoms with Gasteiger partial charge in [0.15, 0.2) is 0 Å². The molecule has 160 valence electrons. The number of hydrogen-bond acceptors (Lipinski definition) is 1. The van der Waals surface area contributed by atoms with Crippen LogP contribution in [0, 0.1) is 10.8 Å². The number of halogens is 2. The smallest absolute Gasteiger partial charge is 0.148 e. The van der Waals surface area contributed by atoms with Crippen molar-refractivity contribution in [3.63, 3.8) is 0 Å². The molecule has 0 saturated heterocycles. The molecule has 3 heteroatoms. The van der Waals surface area contributed by atoms with Crippen LogP contribution in [0.2, 0.25) is 0 Å². The first-order chi connectivity index (χ1) is 14.6. The molecule has 30 heavy (non-hydrogen) atoms. The molecule has 0 N–H and O–H groups in total. The Morgan fingerprint density at radius 2 is 1.10 bits per heavy atom. The van der Waals surface area contributed by atoms with Crippen LogP contribution in [0.1, 0.15) is 62.5 Å². The molecule has 2 aliphatic rings. The summed E-state index contributed by atoms with van der Waals surface area (Å²) < 4.78 is 0. The predicted octanol–water partition coefficient (Wildman–Crippen LogP) is 7.38. The first kappa shape index (κ1) is 21.9. The highest BCUT2D eigenvalue weighted by Crippen LogP contribution is 2.53. The van der Waals surface area contributed by atoms with E-state index in [0.29, 0.717) is 5.78 Å². The van der Waals surface area contributed by atoms with Crippen molar-refractivity contribution < 1.29 is 4.79 Å². The van der Waals surface area contributed by atoms with Crippen molar-refractivity contribution in [3.8, 4) is 0 Å². The number of ketones is 1. The molecule has 0 spiro atoms. The number of rotatable bonds is 6. The number of benzene rings is 2. The van der Waals surface area contributed by atoms with Gasteiger partial charge in [0.2, 0.25) is 0 Å². The van der Waals surface area contributed by atoms with Crippen LogP contribution < -0.4 is 0 Å². The fraction of sp³-hybridized carbons (Fsp3) is 0.519. The van der Waals surface area contributed by atoms with Crippen LogP contribution >= 0.6 is 23.2 Å². The summed E-state index contributed by atoms with van der Waals surface area (Å²) in [4.78, 5) is 14.7. The Morgan fingerprint density at radius 1 is 0.700 bits per heavy atom. The molecule has 4 rings (SSSR count). The average Bonchev–Trinajstić information content (AvgIpc) is 2.78. The number of Topliss-reactive ketones (excluding diaryl/α,β-unsaturated/α-hetero) is 1. The molecule has 2 aromatic carbocycles. The first-order valence-electron chi connectivity index (χ1n) is 11.5. The maximum Gasteiger partial charge on any atom is 0.148 e. The van der Waals surface area contributed by atoms with E-state index in [9.17, 15) is 4.79 Å². The fourth-order valence-corrected chi connectivity index (χ4v) is 6.76. The van der Waals surface area contributed by atoms with Crippen molar-refractivity contribution in [3.05, 3.63) is 71.8 Å². The minimum absolute atomic E-state index is 0.127. The summed E-state index contributed by atoms with van der Waals surface area (Å²) in [6.07, 6.45) is 9.35. The lowest BCUT2D eigenvalue weighted by atomic mass is 9.56. The molecule has 2 fully saturated rings. The second kappa shape index (κ2) is 9.45. The quantitative estimate of drug-likeness (QED) is 0.426. The molecule has 0 aliphatic heterocycles. The predicted molar refractivity (Wildman–Crippen MR) is 126 cm³/mol. The number of carbonyl (C=O) groups is 1. The monoisotopic (exact) mass is 442 g/mol. The van der Waals surface area contributed by atoms with E-state index in [1.54, 1.807) is 0 Å². The standard InChI is InChI=1S/C27H32Cl2O/c28-23-15-7-9-17-26(23,19-21-11-3-1-4-12-21)25(30)27(18-10-8-16-24(27)29)20-22-13-5-2-6-14-22/h1-6,11-14,23-24H,7-10,15-20H2. The largest absolute Gasteiger partial charge is 0.298 e. The molecule has 4 unspecified atom stereocenters. The molecule has 2 aliphatic carbocycles. The van der Waals surface area contributed by atoms with Gasteiger partial charge in [-0.15, -0.1) is 23.2 Å². The zero-order valence-corrected chi connectivity index (χ0v) is 19.2. The Labute approximate surface area is 191 Å². The van der Waals surface area contributed by atoms with E-state index in [-0.39, 0.29) is 10.8 Å². The summed E-state index contributed by atoms with van der Waals surface area (Å²) in [6, 6.07) is 20.8. The van der Waals surface area contributed by atoms with Gasteiger partial charge < -0.3 is 0 Å². The normalized spacial score (nSPS) is 31.9. The van der Waals surface area contributed by atoms with Gasteiger partial charge in [0, 0.05) is 21.6 Å². The van der Waals surface area contributed by atoms with Crippen LogP contribution in [0.4, 0.5) is 0 Å². The van der Waals surface area contributed by atoms with E-state index in [2.05, 4.69) is 48.5 Å². The van der Waals surface area contributed by atoms with E-state index in [1.165, 1.54) is 11.1 Å². The lowest BCUT2D eigenvalue weighted by Crippen LogP contribution is -2.56. The third-order valence-electron chi connectivity index (χ3n) is 7.49. The lowest BCUT2D eigenvalue weighted by Gasteiger charge is -2.50. The second-order valence-electron chi connectivity index (χ2n) is 9.39. The molecule has 1 nitrogen and oxygen atoms in total. The van der Waals surface area contributed by atoms with Gasteiger partial charge in [0.05, 0.1) is 0 Å². The molecule has 0 bridgehead atoms. The number of hydrogen-bond donors (Lipinski definition) is 0. The van der Waals surface area contributed by atoms with Crippen molar-refractivity contribution in [1.29, 1.82) is 0 Å². The molecule has 2 saturated carbocycles. The molecule has 2 aromatic rings. The Bertz CT molecular complexity index is 767. The molecule has 4 atom stereocenters. The average molecular weight is 443 g/mol. The summed E-state index contributed by atoms with van der Waals surface area (Å²) >= 11 is 14.1. The minimum atomic E-state index is -0.527. The fourth-order valence-electron chi connectivity index (χ4n) is 5.88. The Hall–Kier alpha value is -1.31. The van der Waals surface area contributed by atoms with Crippen LogP contribution in [0.25, 0.3) is 0 Å². The van der Waals surface area contributed by atoms with Gasteiger partial charge in [0.25, 0.3) is 0 Å². The summed E-state index contributed by atoms with van der Waals surface area (Å²) in [5.41, 5.74) is 1.35. The van der Waals surface area contributed by atoms with Crippen LogP contribution in [0.5, 0.6) is 0 Å². The van der Waals surface area contributed by atoms with Gasteiger partial charge in [-0.2, -0.15) is 0 Å². The zero-order chi connectivity index (χ0) is 21.0. The van der Waals surface area contributed by atoms with Crippen molar-refractivity contribution in [2.24, 2.45) is 10.8 Å². The first-order valence-corrected chi connectivity index (χ1v) is 12.3. The van der Waals surface area contributed by atoms with Gasteiger partial charge in [-0.3, -0.25) is 4.79 Å². The third kappa shape index (κ3) is 4.21. The number of carbonyl (C=O) groups excluding carboxylic acids is 1. The van der Waals surface area contributed by atoms with Gasteiger partial charge >= 0.3 is 0 Å². The van der Waals surface area contributed by atoms with Crippen LogP contribution in [0.15, 0.2) is 60.7 Å². The van der Waals surface area contributed by atoms with E-state index in [4.69, 9.17) is 23.2 Å². The van der Waals surface area contributed by atoms with Gasteiger partial charge in [0.1, 0.15) is 5.78 Å². The SMILES string of the molecule is O=C(C1(Cc2ccccc2)CCCCC1Cl)C1(Cc2ccccc2)CCCCC1Cl. The highest BCUT2D eigenvalue weighted by Gasteiger charge is 2.56. The molecule has 0 amide bonds. The second-order valence-corrected chi connectivity index (χ2v) is 10.4. The van der Waals surface area contributed by atoms with Crippen LogP contribution in [-0.4, -0.2) is 16.5 Å². The highest BCUT2D eigenvalue weighted by atomic mass is 35.5. The molecular formula is C27H32Cl2O. The van der Waals surface area contributed by atoms with E-state index < -0.39 is 10.8 Å². The number of alkyl halides is 2. The summed E-state index contributed by atoms with van der Waals surface area (Å²) in [6.45, 7) is 0. The van der Waals surface area contributed by atoms with Crippen molar-refractivity contribution in [2.45, 2.75) is 75.0 Å². The molecule has 0 heterocycles. The van der Waals surface area contributed by atoms with Crippen LogP contribution in [-0.2, 0) is 17.6 Å². The minimum Gasteiger partial charge on any atom is -0.298 e. The van der Waals surface area contributed by atoms with Crippen molar-refractivity contribution in [2.75, 3.05) is 0 Å². The highest BCUT2D eigenvalue weighted by molar-refractivity contribution is 6.25. The Morgan fingerprint density at radius 3 is 1.47 bits per heavy atom. The zero-order valence-electron chi connectivity index (χ0n) is 17.7.